The summed E-state index contributed by atoms with van der Waals surface area (Å²) in [6.45, 7) is 1.33. The maximum absolute atomic E-state index is 12.4. The number of carbonyl (C=O) groups excluding carboxylic acids is 3. The third-order valence-electron chi connectivity index (χ3n) is 4.39. The third-order valence-corrected chi connectivity index (χ3v) is 4.72. The molecule has 0 spiro atoms. The van der Waals surface area contributed by atoms with Crippen molar-refractivity contribution in [2.75, 3.05) is 19.0 Å². The number of hydrogen-bond acceptors (Lipinski definition) is 4. The zero-order chi connectivity index (χ0) is 19.4. The summed E-state index contributed by atoms with van der Waals surface area (Å²) in [5.41, 5.74) is 2.07. The Morgan fingerprint density at radius 2 is 1.93 bits per heavy atom. The van der Waals surface area contributed by atoms with Gasteiger partial charge in [0.05, 0.1) is 17.7 Å². The molecule has 1 aliphatic rings. The molecule has 1 heterocycles. The van der Waals surface area contributed by atoms with Crippen LogP contribution in [-0.2, 0) is 16.1 Å². The van der Waals surface area contributed by atoms with Crippen LogP contribution < -0.4 is 5.32 Å². The van der Waals surface area contributed by atoms with Crippen molar-refractivity contribution in [2.45, 2.75) is 19.4 Å². The molecule has 0 radical (unpaired) electrons. The fourth-order valence-electron chi connectivity index (χ4n) is 2.93. The number of benzene rings is 2. The van der Waals surface area contributed by atoms with Crippen molar-refractivity contribution in [1.29, 1.82) is 0 Å². The number of nitrogens with one attached hydrogen (secondary N) is 1. The predicted octanol–water partition coefficient (Wildman–Crippen LogP) is 3.50. The number of hydrogen-bond donors (Lipinski definition) is 1. The molecule has 0 aromatic heterocycles. The Hall–Kier alpha value is -2.86. The fourth-order valence-corrected chi connectivity index (χ4v) is 3.12. The van der Waals surface area contributed by atoms with Crippen LogP contribution in [0.2, 0.25) is 5.02 Å². The molecule has 1 saturated heterocycles. The number of methoxy groups -OCH3 is 1. The van der Waals surface area contributed by atoms with Gasteiger partial charge in [0.2, 0.25) is 5.91 Å². The molecule has 3 rings (SSSR count). The average molecular weight is 387 g/mol. The van der Waals surface area contributed by atoms with E-state index < -0.39 is 5.97 Å². The predicted molar refractivity (Wildman–Crippen MR) is 102 cm³/mol. The van der Waals surface area contributed by atoms with Crippen LogP contribution in [0.15, 0.2) is 42.5 Å². The summed E-state index contributed by atoms with van der Waals surface area (Å²) in [4.78, 5) is 37.6. The van der Waals surface area contributed by atoms with Crippen molar-refractivity contribution in [1.82, 2.24) is 4.90 Å². The van der Waals surface area contributed by atoms with Gasteiger partial charge >= 0.3 is 5.97 Å². The maximum Gasteiger partial charge on any atom is 0.339 e. The Morgan fingerprint density at radius 1 is 1.19 bits per heavy atom. The average Bonchev–Trinajstić information content (AvgIpc) is 3.07. The van der Waals surface area contributed by atoms with E-state index in [0.29, 0.717) is 24.2 Å². The van der Waals surface area contributed by atoms with E-state index in [1.54, 1.807) is 18.2 Å². The zero-order valence-corrected chi connectivity index (χ0v) is 15.6. The molecule has 7 heteroatoms. The monoisotopic (exact) mass is 386 g/mol. The summed E-state index contributed by atoms with van der Waals surface area (Å²) in [5, 5.41) is 2.99. The Bertz CT molecular complexity index is 880. The minimum absolute atomic E-state index is 0.168. The second kappa shape index (κ2) is 8.22. The minimum atomic E-state index is -0.572. The van der Waals surface area contributed by atoms with Gasteiger partial charge in [-0.05, 0) is 42.3 Å². The Kier molecular flexibility index (Phi) is 5.76. The van der Waals surface area contributed by atoms with Gasteiger partial charge in [-0.25, -0.2) is 4.79 Å². The van der Waals surface area contributed by atoms with Gasteiger partial charge in [0, 0.05) is 30.8 Å². The standard InChI is InChI=1S/C20H19ClN2O4/c1-27-20(26)16-11-15(8-9-17(16)21)22-19(25)14-6-4-13(5-7-14)12-23-10-2-3-18(23)24/h4-9,11H,2-3,10,12H2,1H3,(H,22,25). The molecule has 2 aromatic rings. The molecular weight excluding hydrogens is 368 g/mol. The van der Waals surface area contributed by atoms with Crippen molar-refractivity contribution in [3.05, 3.63) is 64.2 Å². The molecule has 1 fully saturated rings. The van der Waals surface area contributed by atoms with Gasteiger partial charge in [0.1, 0.15) is 0 Å². The lowest BCUT2D eigenvalue weighted by Gasteiger charge is -2.15. The van der Waals surface area contributed by atoms with Crippen LogP contribution in [0, 0.1) is 0 Å². The van der Waals surface area contributed by atoms with Crippen molar-refractivity contribution >= 4 is 35.1 Å². The van der Waals surface area contributed by atoms with E-state index in [4.69, 9.17) is 11.6 Å². The van der Waals surface area contributed by atoms with Crippen LogP contribution in [0.25, 0.3) is 0 Å². The lowest BCUT2D eigenvalue weighted by Crippen LogP contribution is -2.23. The zero-order valence-electron chi connectivity index (χ0n) is 14.8. The van der Waals surface area contributed by atoms with Gasteiger partial charge in [-0.2, -0.15) is 0 Å². The van der Waals surface area contributed by atoms with Crippen molar-refractivity contribution in [3.8, 4) is 0 Å². The number of amides is 2. The van der Waals surface area contributed by atoms with Crippen LogP contribution in [0.5, 0.6) is 0 Å². The molecule has 1 N–H and O–H groups in total. The highest BCUT2D eigenvalue weighted by Crippen LogP contribution is 2.22. The molecule has 0 atom stereocenters. The Balaban J connectivity index is 1.67. The van der Waals surface area contributed by atoms with Crippen LogP contribution in [0.1, 0.15) is 39.1 Å². The summed E-state index contributed by atoms with van der Waals surface area (Å²) >= 11 is 5.98. The number of halogens is 1. The molecular formula is C20H19ClN2O4. The number of carbonyl (C=O) groups is 3. The lowest BCUT2D eigenvalue weighted by atomic mass is 10.1. The Labute approximate surface area is 162 Å². The highest BCUT2D eigenvalue weighted by molar-refractivity contribution is 6.33. The van der Waals surface area contributed by atoms with Crippen molar-refractivity contribution in [2.24, 2.45) is 0 Å². The summed E-state index contributed by atoms with van der Waals surface area (Å²) in [6.07, 6.45) is 1.50. The second-order valence-electron chi connectivity index (χ2n) is 6.26. The second-order valence-corrected chi connectivity index (χ2v) is 6.66. The number of nitrogens with zero attached hydrogens (tertiary/aromatic N) is 1. The van der Waals surface area contributed by atoms with Crippen molar-refractivity contribution < 1.29 is 19.1 Å². The molecule has 0 saturated carbocycles. The topological polar surface area (TPSA) is 75.7 Å². The van der Waals surface area contributed by atoms with Gasteiger partial charge in [-0.3, -0.25) is 9.59 Å². The first-order valence-corrected chi connectivity index (χ1v) is 8.91. The highest BCUT2D eigenvalue weighted by Gasteiger charge is 2.20. The maximum atomic E-state index is 12.4. The van der Waals surface area contributed by atoms with Crippen molar-refractivity contribution in [3.63, 3.8) is 0 Å². The molecule has 6 nitrogen and oxygen atoms in total. The largest absolute Gasteiger partial charge is 0.465 e. The van der Waals surface area contributed by atoms with Crippen LogP contribution >= 0.6 is 11.6 Å². The summed E-state index contributed by atoms with van der Waals surface area (Å²) in [5.74, 6) is -0.713. The SMILES string of the molecule is COC(=O)c1cc(NC(=O)c2ccc(CN3CCCC3=O)cc2)ccc1Cl. The number of rotatable bonds is 5. The number of likely N-dealkylation sites (tertiary alicyclic amines) is 1. The molecule has 1 aliphatic heterocycles. The Morgan fingerprint density at radius 3 is 2.56 bits per heavy atom. The van der Waals surface area contributed by atoms with E-state index in [1.165, 1.54) is 19.2 Å². The van der Waals surface area contributed by atoms with Gasteiger partial charge < -0.3 is 15.0 Å². The van der Waals surface area contributed by atoms with E-state index in [9.17, 15) is 14.4 Å². The van der Waals surface area contributed by atoms with Gasteiger partial charge in [0.25, 0.3) is 5.91 Å². The van der Waals surface area contributed by atoms with Gasteiger partial charge in [-0.15, -0.1) is 0 Å². The molecule has 0 bridgehead atoms. The van der Waals surface area contributed by atoms with E-state index in [-0.39, 0.29) is 22.4 Å². The summed E-state index contributed by atoms with van der Waals surface area (Å²) in [6, 6.07) is 11.7. The van der Waals surface area contributed by atoms with Crippen LogP contribution in [0.3, 0.4) is 0 Å². The van der Waals surface area contributed by atoms with E-state index in [2.05, 4.69) is 10.1 Å². The quantitative estimate of drug-likeness (QED) is 0.798. The number of ether oxygens (including phenoxy) is 1. The minimum Gasteiger partial charge on any atom is -0.465 e. The first-order chi connectivity index (χ1) is 13.0. The molecule has 2 aromatic carbocycles. The highest BCUT2D eigenvalue weighted by atomic mass is 35.5. The number of esters is 1. The molecule has 2 amide bonds. The van der Waals surface area contributed by atoms with E-state index in [0.717, 1.165) is 18.5 Å². The van der Waals surface area contributed by atoms with Crippen LogP contribution in [-0.4, -0.2) is 36.3 Å². The number of anilines is 1. The lowest BCUT2D eigenvalue weighted by molar-refractivity contribution is -0.128. The summed E-state index contributed by atoms with van der Waals surface area (Å²) < 4.78 is 4.67. The van der Waals surface area contributed by atoms with Gasteiger partial charge in [-0.1, -0.05) is 23.7 Å². The van der Waals surface area contributed by atoms with Gasteiger partial charge in [0.15, 0.2) is 0 Å². The molecule has 0 aliphatic carbocycles. The molecule has 140 valence electrons. The normalized spacial score (nSPS) is 13.6. The first kappa shape index (κ1) is 18.9. The van der Waals surface area contributed by atoms with E-state index >= 15 is 0 Å². The molecule has 27 heavy (non-hydrogen) atoms. The van der Waals surface area contributed by atoms with Crippen LogP contribution in [0.4, 0.5) is 5.69 Å². The van der Waals surface area contributed by atoms with E-state index in [1.807, 2.05) is 17.0 Å². The first-order valence-electron chi connectivity index (χ1n) is 8.54. The fraction of sp³-hybridized carbons (Fsp3) is 0.250. The summed E-state index contributed by atoms with van der Waals surface area (Å²) in [7, 11) is 1.27. The smallest absolute Gasteiger partial charge is 0.339 e. The molecule has 0 unspecified atom stereocenters. The third kappa shape index (κ3) is 4.46.